The largest absolute Gasteiger partial charge is 0.461 e. The van der Waals surface area contributed by atoms with E-state index in [0.717, 1.165) is 11.4 Å². The van der Waals surface area contributed by atoms with Crippen LogP contribution in [0.3, 0.4) is 0 Å². The fourth-order valence-corrected chi connectivity index (χ4v) is 3.33. The van der Waals surface area contributed by atoms with Crippen LogP contribution in [0.25, 0.3) is 17.2 Å². The van der Waals surface area contributed by atoms with Gasteiger partial charge >= 0.3 is 0 Å². The fourth-order valence-electron chi connectivity index (χ4n) is 2.56. The van der Waals surface area contributed by atoms with Crippen LogP contribution < -0.4 is 0 Å². The number of tetrazole rings is 1. The zero-order valence-corrected chi connectivity index (χ0v) is 14.5. The van der Waals surface area contributed by atoms with Gasteiger partial charge in [-0.2, -0.15) is 4.68 Å². The van der Waals surface area contributed by atoms with Crippen LogP contribution in [0, 0.1) is 13.8 Å². The SMILES string of the molecule is Cc1cc(C)cc(-n2nnnc2SCc2cc(-c3ccco3)on2)c1. The van der Waals surface area contributed by atoms with Gasteiger partial charge in [0.1, 0.15) is 0 Å². The molecule has 0 saturated heterocycles. The predicted molar refractivity (Wildman–Crippen MR) is 92.4 cm³/mol. The lowest BCUT2D eigenvalue weighted by molar-refractivity contribution is 0.413. The molecule has 0 spiro atoms. The Morgan fingerprint density at radius 2 is 1.92 bits per heavy atom. The lowest BCUT2D eigenvalue weighted by Gasteiger charge is -2.06. The van der Waals surface area contributed by atoms with E-state index in [2.05, 4.69) is 52.7 Å². The number of thioether (sulfide) groups is 1. The molecule has 3 aromatic heterocycles. The monoisotopic (exact) mass is 353 g/mol. The Labute approximate surface area is 148 Å². The lowest BCUT2D eigenvalue weighted by Crippen LogP contribution is -2.00. The molecule has 126 valence electrons. The Morgan fingerprint density at radius 1 is 1.08 bits per heavy atom. The smallest absolute Gasteiger partial charge is 0.214 e. The second kappa shape index (κ2) is 6.56. The maximum Gasteiger partial charge on any atom is 0.214 e. The van der Waals surface area contributed by atoms with Crippen LogP contribution in [-0.4, -0.2) is 25.4 Å². The van der Waals surface area contributed by atoms with Crippen molar-refractivity contribution in [3.8, 4) is 17.2 Å². The Hall–Kier alpha value is -2.87. The zero-order valence-electron chi connectivity index (χ0n) is 13.7. The molecule has 0 fully saturated rings. The zero-order chi connectivity index (χ0) is 17.2. The first-order valence-electron chi connectivity index (χ1n) is 7.68. The first kappa shape index (κ1) is 15.6. The summed E-state index contributed by atoms with van der Waals surface area (Å²) < 4.78 is 12.3. The molecule has 0 saturated carbocycles. The van der Waals surface area contributed by atoms with E-state index in [1.54, 1.807) is 10.9 Å². The van der Waals surface area contributed by atoms with Gasteiger partial charge in [0, 0.05) is 11.8 Å². The lowest BCUT2D eigenvalue weighted by atomic mass is 10.1. The molecule has 0 aliphatic rings. The van der Waals surface area contributed by atoms with E-state index in [4.69, 9.17) is 8.94 Å². The van der Waals surface area contributed by atoms with E-state index in [9.17, 15) is 0 Å². The van der Waals surface area contributed by atoms with Gasteiger partial charge in [0.15, 0.2) is 5.76 Å². The summed E-state index contributed by atoms with van der Waals surface area (Å²) in [4.78, 5) is 0. The number of aryl methyl sites for hydroxylation is 2. The molecule has 0 unspecified atom stereocenters. The molecular formula is C17H15N5O2S. The third-order valence-electron chi connectivity index (χ3n) is 3.56. The van der Waals surface area contributed by atoms with Crippen molar-refractivity contribution in [3.63, 3.8) is 0 Å². The summed E-state index contributed by atoms with van der Waals surface area (Å²) >= 11 is 1.50. The molecule has 0 aliphatic heterocycles. The molecule has 0 aliphatic carbocycles. The van der Waals surface area contributed by atoms with Gasteiger partial charge in [0.05, 0.1) is 17.6 Å². The van der Waals surface area contributed by atoms with E-state index < -0.39 is 0 Å². The predicted octanol–water partition coefficient (Wildman–Crippen LogP) is 3.82. The quantitative estimate of drug-likeness (QED) is 0.504. The fraction of sp³-hybridized carbons (Fsp3) is 0.176. The van der Waals surface area contributed by atoms with Crippen LogP contribution >= 0.6 is 11.8 Å². The summed E-state index contributed by atoms with van der Waals surface area (Å²) in [7, 11) is 0. The highest BCUT2D eigenvalue weighted by atomic mass is 32.2. The Bertz CT molecular complexity index is 970. The molecule has 0 amide bonds. The van der Waals surface area contributed by atoms with Gasteiger partial charge in [-0.05, 0) is 59.7 Å². The number of rotatable bonds is 5. The summed E-state index contributed by atoms with van der Waals surface area (Å²) in [5.41, 5.74) is 4.08. The van der Waals surface area contributed by atoms with Crippen molar-refractivity contribution >= 4 is 11.8 Å². The van der Waals surface area contributed by atoms with Crippen molar-refractivity contribution in [1.29, 1.82) is 0 Å². The standard InChI is InChI=1S/C17H15N5O2S/c1-11-6-12(2)8-14(7-11)22-17(18-20-21-22)25-10-13-9-16(24-19-13)15-4-3-5-23-15/h3-9H,10H2,1-2H3. The van der Waals surface area contributed by atoms with Crippen molar-refractivity contribution in [3.05, 3.63) is 59.5 Å². The molecule has 1 aromatic carbocycles. The van der Waals surface area contributed by atoms with E-state index in [-0.39, 0.29) is 0 Å². The molecule has 3 heterocycles. The highest BCUT2D eigenvalue weighted by Gasteiger charge is 2.13. The molecule has 0 radical (unpaired) electrons. The van der Waals surface area contributed by atoms with E-state index in [1.807, 2.05) is 18.2 Å². The molecule has 0 N–H and O–H groups in total. The van der Waals surface area contributed by atoms with Gasteiger partial charge in [-0.15, -0.1) is 5.10 Å². The van der Waals surface area contributed by atoms with Crippen LogP contribution in [0.2, 0.25) is 0 Å². The van der Waals surface area contributed by atoms with E-state index >= 15 is 0 Å². The van der Waals surface area contributed by atoms with Gasteiger partial charge in [-0.25, -0.2) is 0 Å². The topological polar surface area (TPSA) is 82.8 Å². The number of furan rings is 1. The van der Waals surface area contributed by atoms with Crippen LogP contribution in [0.5, 0.6) is 0 Å². The number of aromatic nitrogens is 5. The van der Waals surface area contributed by atoms with Crippen LogP contribution in [0.4, 0.5) is 0 Å². The average Bonchev–Trinajstić information content (AvgIpc) is 3.32. The number of hydrogen-bond donors (Lipinski definition) is 0. The van der Waals surface area contributed by atoms with Crippen molar-refractivity contribution in [2.75, 3.05) is 0 Å². The minimum Gasteiger partial charge on any atom is -0.461 e. The van der Waals surface area contributed by atoms with Crippen molar-refractivity contribution < 1.29 is 8.94 Å². The number of nitrogens with zero attached hydrogens (tertiary/aromatic N) is 5. The van der Waals surface area contributed by atoms with Gasteiger partial charge in [0.2, 0.25) is 10.9 Å². The maximum absolute atomic E-state index is 5.31. The van der Waals surface area contributed by atoms with Crippen LogP contribution in [0.15, 0.2) is 56.8 Å². The molecule has 0 bridgehead atoms. The van der Waals surface area contributed by atoms with Crippen molar-refractivity contribution in [2.24, 2.45) is 0 Å². The van der Waals surface area contributed by atoms with Gasteiger partial charge in [-0.3, -0.25) is 0 Å². The summed E-state index contributed by atoms with van der Waals surface area (Å²) in [5, 5.41) is 16.8. The summed E-state index contributed by atoms with van der Waals surface area (Å²) in [5.74, 6) is 1.85. The molecule has 25 heavy (non-hydrogen) atoms. The highest BCUT2D eigenvalue weighted by molar-refractivity contribution is 7.98. The first-order valence-corrected chi connectivity index (χ1v) is 8.67. The van der Waals surface area contributed by atoms with Gasteiger partial charge < -0.3 is 8.94 Å². The van der Waals surface area contributed by atoms with Crippen LogP contribution in [-0.2, 0) is 5.75 Å². The number of benzene rings is 1. The van der Waals surface area contributed by atoms with E-state index in [1.165, 1.54) is 22.9 Å². The molecule has 0 atom stereocenters. The third kappa shape index (κ3) is 3.34. The minimum absolute atomic E-state index is 0.593. The minimum atomic E-state index is 0.593. The van der Waals surface area contributed by atoms with E-state index in [0.29, 0.717) is 22.4 Å². The number of hydrogen-bond acceptors (Lipinski definition) is 7. The summed E-state index contributed by atoms with van der Waals surface area (Å²) in [6, 6.07) is 11.7. The average molecular weight is 353 g/mol. The Morgan fingerprint density at radius 3 is 2.68 bits per heavy atom. The second-order valence-electron chi connectivity index (χ2n) is 5.67. The molecule has 8 heteroatoms. The molecule has 4 aromatic rings. The van der Waals surface area contributed by atoms with Gasteiger partial charge in [-0.1, -0.05) is 23.0 Å². The highest BCUT2D eigenvalue weighted by Crippen LogP contribution is 2.26. The second-order valence-corrected chi connectivity index (χ2v) is 6.61. The Balaban J connectivity index is 1.52. The third-order valence-corrected chi connectivity index (χ3v) is 4.52. The van der Waals surface area contributed by atoms with Crippen molar-refractivity contribution in [1.82, 2.24) is 25.4 Å². The molecule has 7 nitrogen and oxygen atoms in total. The molecule has 4 rings (SSSR count). The molecular weight excluding hydrogens is 338 g/mol. The Kier molecular flexibility index (Phi) is 4.10. The van der Waals surface area contributed by atoms with Gasteiger partial charge in [0.25, 0.3) is 0 Å². The first-order chi connectivity index (χ1) is 12.2. The summed E-state index contributed by atoms with van der Waals surface area (Å²) in [6.45, 7) is 4.11. The normalized spacial score (nSPS) is 11.1. The summed E-state index contributed by atoms with van der Waals surface area (Å²) in [6.07, 6.45) is 1.60. The van der Waals surface area contributed by atoms with Crippen molar-refractivity contribution in [2.45, 2.75) is 24.8 Å². The van der Waals surface area contributed by atoms with Crippen LogP contribution in [0.1, 0.15) is 16.8 Å². The maximum atomic E-state index is 5.31.